The molecule has 9 heteroatoms. The molecule has 1 saturated heterocycles. The average Bonchev–Trinajstić information content (AvgIpc) is 2.96. The highest BCUT2D eigenvalue weighted by atomic mass is 79.9. The van der Waals surface area contributed by atoms with Crippen LogP contribution in [0.15, 0.2) is 51.8 Å². The lowest BCUT2D eigenvalue weighted by molar-refractivity contribution is -0.123. The van der Waals surface area contributed by atoms with Crippen LogP contribution in [0.2, 0.25) is 0 Å². The van der Waals surface area contributed by atoms with Gasteiger partial charge in [0.2, 0.25) is 0 Å². The molecule has 6 nitrogen and oxygen atoms in total. The van der Waals surface area contributed by atoms with E-state index in [0.717, 1.165) is 26.8 Å². The van der Waals surface area contributed by atoms with E-state index in [1.165, 1.54) is 0 Å². The van der Waals surface area contributed by atoms with Crippen molar-refractivity contribution >= 4 is 62.1 Å². The van der Waals surface area contributed by atoms with Gasteiger partial charge in [-0.25, -0.2) is 0 Å². The molecule has 0 saturated carbocycles. The van der Waals surface area contributed by atoms with Gasteiger partial charge in [-0.2, -0.15) is 5.01 Å². The predicted molar refractivity (Wildman–Crippen MR) is 125 cm³/mol. The van der Waals surface area contributed by atoms with E-state index in [1.54, 1.807) is 49.6 Å². The zero-order valence-corrected chi connectivity index (χ0v) is 19.7. The molecule has 2 aromatic rings. The first-order valence-electron chi connectivity index (χ1n) is 8.97. The van der Waals surface area contributed by atoms with Crippen LogP contribution in [0, 0.1) is 0 Å². The maximum absolute atomic E-state index is 12.8. The standard InChI is InChI=1S/C21H19BrN2O4S2/c1-12(2)28-16-9-4-13(10-17(16)27-3)11-18-20(26)24(21(29)30-18)23-19(25)14-5-7-15(22)8-6-14/h4-12H,1-3H3,(H,23,25)/b18-11-. The Morgan fingerprint density at radius 1 is 1.20 bits per heavy atom. The van der Waals surface area contributed by atoms with Crippen molar-refractivity contribution in [3.8, 4) is 11.5 Å². The van der Waals surface area contributed by atoms with Crippen LogP contribution in [0.1, 0.15) is 29.8 Å². The van der Waals surface area contributed by atoms with Crippen molar-refractivity contribution in [1.82, 2.24) is 10.4 Å². The summed E-state index contributed by atoms with van der Waals surface area (Å²) in [6.07, 6.45) is 1.71. The molecule has 3 rings (SSSR count). The molecule has 2 amide bonds. The number of nitrogens with one attached hydrogen (secondary N) is 1. The number of thiocarbonyl (C=S) groups is 1. The molecular formula is C21H19BrN2O4S2. The van der Waals surface area contributed by atoms with Gasteiger partial charge in [0, 0.05) is 10.0 Å². The van der Waals surface area contributed by atoms with E-state index in [1.807, 2.05) is 19.9 Å². The average molecular weight is 507 g/mol. The van der Waals surface area contributed by atoms with Gasteiger partial charge in [-0.05, 0) is 74.1 Å². The number of hydrazine groups is 1. The Kier molecular flexibility index (Phi) is 7.17. The molecule has 1 N–H and O–H groups in total. The number of methoxy groups -OCH3 is 1. The number of ether oxygens (including phenoxy) is 2. The Balaban J connectivity index is 1.77. The van der Waals surface area contributed by atoms with Crippen LogP contribution in [-0.2, 0) is 4.79 Å². The summed E-state index contributed by atoms with van der Waals surface area (Å²) in [5, 5.41) is 1.09. The molecule has 0 unspecified atom stereocenters. The largest absolute Gasteiger partial charge is 0.493 e. The number of halogens is 1. The summed E-state index contributed by atoms with van der Waals surface area (Å²) in [5.74, 6) is 0.379. The Bertz CT molecular complexity index is 1020. The Morgan fingerprint density at radius 3 is 2.53 bits per heavy atom. The number of benzene rings is 2. The van der Waals surface area contributed by atoms with E-state index in [9.17, 15) is 9.59 Å². The van der Waals surface area contributed by atoms with Crippen LogP contribution in [0.3, 0.4) is 0 Å². The van der Waals surface area contributed by atoms with Crippen LogP contribution in [0.25, 0.3) is 6.08 Å². The molecule has 156 valence electrons. The van der Waals surface area contributed by atoms with Crippen molar-refractivity contribution in [2.24, 2.45) is 0 Å². The van der Waals surface area contributed by atoms with E-state index in [4.69, 9.17) is 21.7 Å². The third-order valence-electron chi connectivity index (χ3n) is 3.96. The lowest BCUT2D eigenvalue weighted by Crippen LogP contribution is -2.44. The molecule has 1 heterocycles. The highest BCUT2D eigenvalue weighted by Gasteiger charge is 2.33. The Hall–Kier alpha value is -2.36. The summed E-state index contributed by atoms with van der Waals surface area (Å²) >= 11 is 9.72. The van der Waals surface area contributed by atoms with Crippen molar-refractivity contribution < 1.29 is 19.1 Å². The third kappa shape index (κ3) is 5.21. The minimum Gasteiger partial charge on any atom is -0.493 e. The van der Waals surface area contributed by atoms with E-state index < -0.39 is 11.8 Å². The van der Waals surface area contributed by atoms with Crippen LogP contribution in [-0.4, -0.2) is 34.4 Å². The first-order chi connectivity index (χ1) is 14.3. The summed E-state index contributed by atoms with van der Waals surface area (Å²) in [4.78, 5) is 25.6. The molecule has 0 aliphatic carbocycles. The van der Waals surface area contributed by atoms with Crippen molar-refractivity contribution in [2.75, 3.05) is 7.11 Å². The normalized spacial score (nSPS) is 15.1. The number of thioether (sulfide) groups is 1. The van der Waals surface area contributed by atoms with E-state index in [-0.39, 0.29) is 10.4 Å². The highest BCUT2D eigenvalue weighted by Crippen LogP contribution is 2.34. The fourth-order valence-corrected chi connectivity index (χ4v) is 4.05. The van der Waals surface area contributed by atoms with Crippen LogP contribution < -0.4 is 14.9 Å². The van der Waals surface area contributed by atoms with Crippen molar-refractivity contribution in [3.05, 3.63) is 63.0 Å². The van der Waals surface area contributed by atoms with Gasteiger partial charge >= 0.3 is 0 Å². The highest BCUT2D eigenvalue weighted by molar-refractivity contribution is 9.10. The van der Waals surface area contributed by atoms with E-state index in [0.29, 0.717) is 22.0 Å². The lowest BCUT2D eigenvalue weighted by atomic mass is 10.2. The summed E-state index contributed by atoms with van der Waals surface area (Å²) in [6.45, 7) is 3.86. The molecule has 0 radical (unpaired) electrons. The summed E-state index contributed by atoms with van der Waals surface area (Å²) in [5.41, 5.74) is 3.74. The maximum Gasteiger partial charge on any atom is 0.285 e. The minimum atomic E-state index is -0.420. The molecule has 30 heavy (non-hydrogen) atoms. The second-order valence-corrected chi connectivity index (χ2v) is 9.13. The van der Waals surface area contributed by atoms with Crippen molar-refractivity contribution in [3.63, 3.8) is 0 Å². The number of nitrogens with zero attached hydrogens (tertiary/aromatic N) is 1. The lowest BCUT2D eigenvalue weighted by Gasteiger charge is -2.15. The van der Waals surface area contributed by atoms with Crippen LogP contribution in [0.4, 0.5) is 0 Å². The first kappa shape index (κ1) is 22.3. The van der Waals surface area contributed by atoms with Gasteiger partial charge in [-0.3, -0.25) is 15.0 Å². The molecule has 0 aromatic heterocycles. The number of hydrogen-bond donors (Lipinski definition) is 1. The molecular weight excluding hydrogens is 488 g/mol. The zero-order chi connectivity index (χ0) is 21.8. The van der Waals surface area contributed by atoms with Gasteiger partial charge in [0.05, 0.1) is 18.1 Å². The number of carbonyl (C=O) groups is 2. The summed E-state index contributed by atoms with van der Waals surface area (Å²) < 4.78 is 12.2. The van der Waals surface area contributed by atoms with Gasteiger partial charge in [-0.1, -0.05) is 33.8 Å². The smallest absolute Gasteiger partial charge is 0.285 e. The van der Waals surface area contributed by atoms with Gasteiger partial charge in [0.1, 0.15) is 0 Å². The van der Waals surface area contributed by atoms with E-state index >= 15 is 0 Å². The van der Waals surface area contributed by atoms with Crippen LogP contribution >= 0.6 is 39.9 Å². The van der Waals surface area contributed by atoms with Crippen molar-refractivity contribution in [2.45, 2.75) is 20.0 Å². The van der Waals surface area contributed by atoms with Gasteiger partial charge in [0.25, 0.3) is 11.8 Å². The summed E-state index contributed by atoms with van der Waals surface area (Å²) in [6, 6.07) is 12.2. The number of hydrogen-bond acceptors (Lipinski definition) is 6. The quantitative estimate of drug-likeness (QED) is 0.448. The second-order valence-electron chi connectivity index (χ2n) is 6.54. The van der Waals surface area contributed by atoms with Gasteiger partial charge in [-0.15, -0.1) is 0 Å². The first-order valence-corrected chi connectivity index (χ1v) is 11.0. The summed E-state index contributed by atoms with van der Waals surface area (Å²) in [7, 11) is 1.56. The Morgan fingerprint density at radius 2 is 1.90 bits per heavy atom. The minimum absolute atomic E-state index is 0.00957. The fraction of sp³-hybridized carbons (Fsp3) is 0.190. The molecule has 1 aliphatic rings. The number of carbonyl (C=O) groups excluding carboxylic acids is 2. The van der Waals surface area contributed by atoms with Crippen LogP contribution in [0.5, 0.6) is 11.5 Å². The SMILES string of the molecule is COc1cc(/C=C2\SC(=S)N(NC(=O)c3ccc(Br)cc3)C2=O)ccc1OC(C)C. The molecule has 0 bridgehead atoms. The number of amides is 2. The van der Waals surface area contributed by atoms with Crippen molar-refractivity contribution in [1.29, 1.82) is 0 Å². The molecule has 2 aromatic carbocycles. The molecule has 1 aliphatic heterocycles. The number of rotatable bonds is 6. The maximum atomic E-state index is 12.8. The third-order valence-corrected chi connectivity index (χ3v) is 5.79. The molecule has 0 atom stereocenters. The monoisotopic (exact) mass is 506 g/mol. The van der Waals surface area contributed by atoms with Gasteiger partial charge in [0.15, 0.2) is 15.8 Å². The predicted octanol–water partition coefficient (Wildman–Crippen LogP) is 4.79. The molecule has 1 fully saturated rings. The Labute approximate surface area is 192 Å². The topological polar surface area (TPSA) is 67.9 Å². The fourth-order valence-electron chi connectivity index (χ4n) is 2.61. The van der Waals surface area contributed by atoms with Gasteiger partial charge < -0.3 is 9.47 Å². The van der Waals surface area contributed by atoms with E-state index in [2.05, 4.69) is 21.4 Å². The zero-order valence-electron chi connectivity index (χ0n) is 16.5. The second kappa shape index (κ2) is 9.63. The molecule has 0 spiro atoms.